The van der Waals surface area contributed by atoms with Crippen LogP contribution in [0.15, 0.2) is 29.2 Å². The molecule has 0 aliphatic rings. The van der Waals surface area contributed by atoms with E-state index >= 15 is 0 Å². The van der Waals surface area contributed by atoms with Crippen LogP contribution in [0.25, 0.3) is 0 Å². The van der Waals surface area contributed by atoms with Gasteiger partial charge < -0.3 is 10.8 Å². The number of aliphatic hydroxyl groups excluding tert-OH is 1. The molecule has 1 aromatic carbocycles. The number of rotatable bonds is 4. The van der Waals surface area contributed by atoms with Gasteiger partial charge in [-0.1, -0.05) is 18.2 Å². The predicted molar refractivity (Wildman–Crippen MR) is 56.4 cm³/mol. The maximum absolute atomic E-state index is 11.2. The lowest BCUT2D eigenvalue weighted by atomic mass is 10.1. The second kappa shape index (κ2) is 4.71. The number of primary sulfonamides is 1. The van der Waals surface area contributed by atoms with Gasteiger partial charge in [0.15, 0.2) is 0 Å². The molecule has 5 N–H and O–H groups in total. The summed E-state index contributed by atoms with van der Waals surface area (Å²) in [6.45, 7) is 0.278. The molecule has 0 aliphatic heterocycles. The third-order valence-electron chi connectivity index (χ3n) is 2.02. The van der Waals surface area contributed by atoms with E-state index in [0.717, 1.165) is 0 Å². The van der Waals surface area contributed by atoms with Crippen molar-refractivity contribution in [3.8, 4) is 0 Å². The summed E-state index contributed by atoms with van der Waals surface area (Å²) in [7, 11) is -3.80. The third-order valence-corrected chi connectivity index (χ3v) is 3.01. The number of hydrogen-bond acceptors (Lipinski definition) is 4. The summed E-state index contributed by atoms with van der Waals surface area (Å²) in [6, 6.07) is 6.09. The molecule has 1 rings (SSSR count). The largest absolute Gasteiger partial charge is 0.388 e. The highest BCUT2D eigenvalue weighted by Crippen LogP contribution is 2.23. The Balaban J connectivity index is 3.18. The van der Waals surface area contributed by atoms with Crippen LogP contribution in [0, 0.1) is 0 Å². The van der Waals surface area contributed by atoms with Gasteiger partial charge in [-0.2, -0.15) is 0 Å². The molecule has 0 saturated carbocycles. The maximum atomic E-state index is 11.2. The molecule has 15 heavy (non-hydrogen) atoms. The Morgan fingerprint density at radius 2 is 1.93 bits per heavy atom. The quantitative estimate of drug-likeness (QED) is 0.661. The summed E-state index contributed by atoms with van der Waals surface area (Å²) in [5.74, 6) is 0. The summed E-state index contributed by atoms with van der Waals surface area (Å²) < 4.78 is 22.4. The minimum atomic E-state index is -3.80. The summed E-state index contributed by atoms with van der Waals surface area (Å²) in [4.78, 5) is -0.0500. The number of sulfonamides is 1. The van der Waals surface area contributed by atoms with Crippen molar-refractivity contribution in [1.82, 2.24) is 0 Å². The zero-order valence-electron chi connectivity index (χ0n) is 8.13. The van der Waals surface area contributed by atoms with Crippen molar-refractivity contribution in [2.45, 2.75) is 17.4 Å². The molecule has 0 fully saturated rings. The molecule has 0 heterocycles. The lowest BCUT2D eigenvalue weighted by Gasteiger charge is -2.13. The van der Waals surface area contributed by atoms with E-state index in [1.807, 2.05) is 0 Å². The molecule has 0 saturated heterocycles. The molecule has 0 radical (unpaired) electrons. The van der Waals surface area contributed by atoms with Gasteiger partial charge in [-0.05, 0) is 19.0 Å². The fourth-order valence-corrected chi connectivity index (χ4v) is 2.13. The van der Waals surface area contributed by atoms with E-state index in [1.165, 1.54) is 12.1 Å². The average molecular weight is 230 g/mol. The van der Waals surface area contributed by atoms with Crippen LogP contribution in [-0.4, -0.2) is 20.1 Å². The SMILES string of the molecule is NCCC(O)c1ccccc1S(N)(=O)=O. The Kier molecular flexibility index (Phi) is 3.81. The Bertz CT molecular complexity index is 431. The van der Waals surface area contributed by atoms with Crippen LogP contribution in [-0.2, 0) is 10.0 Å². The number of nitrogens with two attached hydrogens (primary N) is 2. The minimum absolute atomic E-state index is 0.0500. The summed E-state index contributed by atoms with van der Waals surface area (Å²) >= 11 is 0. The molecule has 1 unspecified atom stereocenters. The van der Waals surface area contributed by atoms with Gasteiger partial charge in [-0.25, -0.2) is 13.6 Å². The molecule has 1 aromatic rings. The molecule has 0 spiro atoms. The Hall–Kier alpha value is -0.950. The summed E-state index contributed by atoms with van der Waals surface area (Å²) in [5, 5.41) is 14.7. The van der Waals surface area contributed by atoms with E-state index < -0.39 is 16.1 Å². The zero-order valence-corrected chi connectivity index (χ0v) is 8.94. The molecular weight excluding hydrogens is 216 g/mol. The molecule has 0 aromatic heterocycles. The first-order chi connectivity index (χ1) is 6.96. The Morgan fingerprint density at radius 1 is 1.33 bits per heavy atom. The second-order valence-electron chi connectivity index (χ2n) is 3.18. The standard InChI is InChI=1S/C9H14N2O3S/c10-6-5-8(12)7-3-1-2-4-9(7)15(11,13)14/h1-4,8,12H,5-6,10H2,(H2,11,13,14). The van der Waals surface area contributed by atoms with Gasteiger partial charge in [0, 0.05) is 5.56 Å². The van der Waals surface area contributed by atoms with Gasteiger partial charge in [0.25, 0.3) is 0 Å². The average Bonchev–Trinajstić information content (AvgIpc) is 2.17. The molecule has 5 nitrogen and oxygen atoms in total. The Labute approximate surface area is 88.8 Å². The number of hydrogen-bond donors (Lipinski definition) is 3. The molecule has 0 aliphatic carbocycles. The zero-order chi connectivity index (χ0) is 11.5. The fraction of sp³-hybridized carbons (Fsp3) is 0.333. The smallest absolute Gasteiger partial charge is 0.238 e. The highest BCUT2D eigenvalue weighted by molar-refractivity contribution is 7.89. The number of benzene rings is 1. The molecule has 6 heteroatoms. The third kappa shape index (κ3) is 3.00. The van der Waals surface area contributed by atoms with Gasteiger partial charge in [-0.15, -0.1) is 0 Å². The Morgan fingerprint density at radius 3 is 2.47 bits per heavy atom. The van der Waals surface area contributed by atoms with Crippen LogP contribution >= 0.6 is 0 Å². The van der Waals surface area contributed by atoms with Crippen LogP contribution in [0.1, 0.15) is 18.1 Å². The first kappa shape index (κ1) is 12.1. The van der Waals surface area contributed by atoms with Crippen LogP contribution in [0.3, 0.4) is 0 Å². The van der Waals surface area contributed by atoms with Crippen LogP contribution in [0.2, 0.25) is 0 Å². The highest BCUT2D eigenvalue weighted by atomic mass is 32.2. The van der Waals surface area contributed by atoms with Gasteiger partial charge >= 0.3 is 0 Å². The van der Waals surface area contributed by atoms with Gasteiger partial charge in [0.1, 0.15) is 0 Å². The van der Waals surface area contributed by atoms with Crippen LogP contribution < -0.4 is 10.9 Å². The molecule has 84 valence electrons. The van der Waals surface area contributed by atoms with E-state index in [9.17, 15) is 13.5 Å². The molecule has 0 amide bonds. The van der Waals surface area contributed by atoms with E-state index in [2.05, 4.69) is 0 Å². The normalized spacial score (nSPS) is 13.8. The van der Waals surface area contributed by atoms with Crippen molar-refractivity contribution in [1.29, 1.82) is 0 Å². The van der Waals surface area contributed by atoms with E-state index in [4.69, 9.17) is 10.9 Å². The summed E-state index contributed by atoms with van der Waals surface area (Å²) in [6.07, 6.45) is -0.600. The van der Waals surface area contributed by atoms with E-state index in [0.29, 0.717) is 12.0 Å². The van der Waals surface area contributed by atoms with Crippen molar-refractivity contribution in [3.05, 3.63) is 29.8 Å². The summed E-state index contributed by atoms with van der Waals surface area (Å²) in [5.41, 5.74) is 5.58. The van der Waals surface area contributed by atoms with Gasteiger partial charge in [-0.3, -0.25) is 0 Å². The van der Waals surface area contributed by atoms with Crippen molar-refractivity contribution >= 4 is 10.0 Å². The first-order valence-electron chi connectivity index (χ1n) is 4.46. The topological polar surface area (TPSA) is 106 Å². The van der Waals surface area contributed by atoms with E-state index in [-0.39, 0.29) is 11.4 Å². The van der Waals surface area contributed by atoms with Gasteiger partial charge in [0.05, 0.1) is 11.0 Å². The van der Waals surface area contributed by atoms with Gasteiger partial charge in [0.2, 0.25) is 10.0 Å². The van der Waals surface area contributed by atoms with Crippen molar-refractivity contribution in [3.63, 3.8) is 0 Å². The monoisotopic (exact) mass is 230 g/mol. The van der Waals surface area contributed by atoms with E-state index in [1.54, 1.807) is 12.1 Å². The van der Waals surface area contributed by atoms with Crippen LogP contribution in [0.4, 0.5) is 0 Å². The molecule has 0 bridgehead atoms. The minimum Gasteiger partial charge on any atom is -0.388 e. The highest BCUT2D eigenvalue weighted by Gasteiger charge is 2.18. The predicted octanol–water partition coefficient (Wildman–Crippen LogP) is -0.284. The lowest BCUT2D eigenvalue weighted by molar-refractivity contribution is 0.167. The van der Waals surface area contributed by atoms with Crippen molar-refractivity contribution in [2.24, 2.45) is 10.9 Å². The second-order valence-corrected chi connectivity index (χ2v) is 4.71. The number of aliphatic hydroxyl groups is 1. The first-order valence-corrected chi connectivity index (χ1v) is 6.01. The lowest BCUT2D eigenvalue weighted by Crippen LogP contribution is -2.17. The fourth-order valence-electron chi connectivity index (χ4n) is 1.33. The van der Waals surface area contributed by atoms with Crippen molar-refractivity contribution < 1.29 is 13.5 Å². The van der Waals surface area contributed by atoms with Crippen LogP contribution in [0.5, 0.6) is 0 Å². The molecule has 1 atom stereocenters. The van der Waals surface area contributed by atoms with Crippen molar-refractivity contribution in [2.75, 3.05) is 6.54 Å². The molecular formula is C9H14N2O3S. The maximum Gasteiger partial charge on any atom is 0.238 e.